The first-order valence-electron chi connectivity index (χ1n) is 4.40. The normalized spacial score (nSPS) is 20.4. The maximum atomic E-state index is 13.2. The van der Waals surface area contributed by atoms with Crippen molar-refractivity contribution in [1.29, 1.82) is 0 Å². The van der Waals surface area contributed by atoms with Crippen molar-refractivity contribution in [2.24, 2.45) is 5.73 Å². The minimum atomic E-state index is -0.503. The van der Waals surface area contributed by atoms with E-state index >= 15 is 0 Å². The van der Waals surface area contributed by atoms with Gasteiger partial charge in [-0.1, -0.05) is 0 Å². The fraction of sp³-hybridized carbons (Fsp3) is 0.400. The summed E-state index contributed by atoms with van der Waals surface area (Å²) in [5.74, 6) is -0.789. The molecule has 0 amide bonds. The van der Waals surface area contributed by atoms with Crippen LogP contribution in [-0.4, -0.2) is 6.54 Å². The Balaban J connectivity index is 2.51. The van der Waals surface area contributed by atoms with Gasteiger partial charge in [0, 0.05) is 6.07 Å². The summed E-state index contributed by atoms with van der Waals surface area (Å²) >= 11 is 0. The van der Waals surface area contributed by atoms with Gasteiger partial charge in [-0.05, 0) is 42.5 Å². The molecule has 1 atom stereocenters. The predicted molar refractivity (Wildman–Crippen MR) is 46.5 cm³/mol. The van der Waals surface area contributed by atoms with E-state index in [2.05, 4.69) is 0 Å². The van der Waals surface area contributed by atoms with Crippen molar-refractivity contribution in [3.8, 4) is 0 Å². The summed E-state index contributed by atoms with van der Waals surface area (Å²) < 4.78 is 26.0. The highest BCUT2D eigenvalue weighted by Gasteiger charge is 2.24. The average Bonchev–Trinajstić information content (AvgIpc) is 2.47. The van der Waals surface area contributed by atoms with E-state index in [9.17, 15) is 8.78 Å². The molecule has 0 saturated carbocycles. The van der Waals surface area contributed by atoms with Crippen LogP contribution in [0.5, 0.6) is 0 Å². The Bertz CT molecular complexity index is 336. The van der Waals surface area contributed by atoms with Crippen LogP contribution in [0, 0.1) is 11.6 Å². The Kier molecular flexibility index (Phi) is 2.04. The van der Waals surface area contributed by atoms with Gasteiger partial charge in [-0.2, -0.15) is 0 Å². The Morgan fingerprint density at radius 3 is 2.85 bits per heavy atom. The van der Waals surface area contributed by atoms with Crippen molar-refractivity contribution in [3.05, 3.63) is 34.9 Å². The molecule has 0 aromatic heterocycles. The lowest BCUT2D eigenvalue weighted by Gasteiger charge is -2.07. The Hall–Kier alpha value is -0.960. The second-order valence-electron chi connectivity index (χ2n) is 3.43. The number of fused-ring (bicyclic) bond motifs is 1. The second-order valence-corrected chi connectivity index (χ2v) is 3.43. The Labute approximate surface area is 75.6 Å². The molecule has 0 radical (unpaired) electrons. The largest absolute Gasteiger partial charge is 0.330 e. The van der Waals surface area contributed by atoms with Gasteiger partial charge >= 0.3 is 0 Å². The van der Waals surface area contributed by atoms with E-state index in [0.29, 0.717) is 18.5 Å². The molecule has 1 aromatic carbocycles. The van der Waals surface area contributed by atoms with Crippen LogP contribution in [0.4, 0.5) is 8.78 Å². The first-order valence-corrected chi connectivity index (χ1v) is 4.40. The quantitative estimate of drug-likeness (QED) is 0.707. The molecule has 0 heterocycles. The third-order valence-electron chi connectivity index (χ3n) is 2.66. The minimum Gasteiger partial charge on any atom is -0.330 e. The van der Waals surface area contributed by atoms with Crippen molar-refractivity contribution < 1.29 is 8.78 Å². The predicted octanol–water partition coefficient (Wildman–Crippen LogP) is 1.95. The Morgan fingerprint density at radius 1 is 1.38 bits per heavy atom. The van der Waals surface area contributed by atoms with Crippen molar-refractivity contribution in [1.82, 2.24) is 0 Å². The highest BCUT2D eigenvalue weighted by Crippen LogP contribution is 2.34. The van der Waals surface area contributed by atoms with Gasteiger partial charge in [0.2, 0.25) is 0 Å². The van der Waals surface area contributed by atoms with Gasteiger partial charge in [0.05, 0.1) is 0 Å². The molecular formula is C10H11F2N. The molecule has 1 aliphatic rings. The zero-order valence-electron chi connectivity index (χ0n) is 7.19. The lowest BCUT2D eigenvalue weighted by molar-refractivity contribution is 0.573. The van der Waals surface area contributed by atoms with E-state index in [1.54, 1.807) is 0 Å². The number of hydrogen-bond acceptors (Lipinski definition) is 1. The fourth-order valence-corrected chi connectivity index (χ4v) is 1.97. The Morgan fingerprint density at radius 2 is 2.15 bits per heavy atom. The highest BCUT2D eigenvalue weighted by atomic mass is 19.1. The van der Waals surface area contributed by atoms with E-state index in [-0.39, 0.29) is 5.92 Å². The van der Waals surface area contributed by atoms with Crippen LogP contribution in [0.2, 0.25) is 0 Å². The summed E-state index contributed by atoms with van der Waals surface area (Å²) in [4.78, 5) is 0. The molecule has 2 rings (SSSR count). The molecule has 0 fully saturated rings. The molecule has 1 nitrogen and oxygen atoms in total. The van der Waals surface area contributed by atoms with Crippen LogP contribution in [0.15, 0.2) is 12.1 Å². The zero-order chi connectivity index (χ0) is 9.42. The first-order chi connectivity index (χ1) is 6.22. The highest BCUT2D eigenvalue weighted by molar-refractivity contribution is 5.36. The second kappa shape index (κ2) is 3.07. The summed E-state index contributed by atoms with van der Waals surface area (Å²) in [7, 11) is 0. The minimum absolute atomic E-state index is 0.139. The van der Waals surface area contributed by atoms with Crippen LogP contribution < -0.4 is 5.73 Å². The summed E-state index contributed by atoms with van der Waals surface area (Å²) in [5, 5.41) is 0. The molecule has 0 bridgehead atoms. The summed E-state index contributed by atoms with van der Waals surface area (Å²) in [6.45, 7) is 0.468. The zero-order valence-corrected chi connectivity index (χ0v) is 7.19. The van der Waals surface area contributed by atoms with E-state index < -0.39 is 11.6 Å². The van der Waals surface area contributed by atoms with E-state index in [0.717, 1.165) is 18.1 Å². The number of halogens is 2. The average molecular weight is 183 g/mol. The molecule has 0 saturated heterocycles. The first kappa shape index (κ1) is 8.63. The molecule has 70 valence electrons. The van der Waals surface area contributed by atoms with Gasteiger partial charge in [0.1, 0.15) is 11.6 Å². The monoisotopic (exact) mass is 183 g/mol. The van der Waals surface area contributed by atoms with Gasteiger partial charge in [-0.25, -0.2) is 8.78 Å². The van der Waals surface area contributed by atoms with Crippen molar-refractivity contribution in [3.63, 3.8) is 0 Å². The van der Waals surface area contributed by atoms with E-state index in [1.807, 2.05) is 0 Å². The maximum absolute atomic E-state index is 13.2. The van der Waals surface area contributed by atoms with Crippen molar-refractivity contribution in [2.45, 2.75) is 18.8 Å². The van der Waals surface area contributed by atoms with Crippen molar-refractivity contribution >= 4 is 0 Å². The van der Waals surface area contributed by atoms with E-state index in [4.69, 9.17) is 5.73 Å². The number of benzene rings is 1. The SMILES string of the molecule is NCC1CCc2c(F)cc(F)cc21. The standard InChI is InChI=1S/C10H11F2N/c11-7-3-9-6(5-13)1-2-8(9)10(12)4-7/h3-4,6H,1-2,5,13H2. The van der Waals surface area contributed by atoms with Gasteiger partial charge in [0.15, 0.2) is 0 Å². The molecule has 0 aliphatic heterocycles. The van der Waals surface area contributed by atoms with Crippen LogP contribution in [0.3, 0.4) is 0 Å². The third-order valence-corrected chi connectivity index (χ3v) is 2.66. The summed E-state index contributed by atoms with van der Waals surface area (Å²) in [5.41, 5.74) is 6.92. The molecular weight excluding hydrogens is 172 g/mol. The third kappa shape index (κ3) is 1.33. The van der Waals surface area contributed by atoms with Crippen LogP contribution in [0.25, 0.3) is 0 Å². The molecule has 1 aromatic rings. The van der Waals surface area contributed by atoms with Crippen LogP contribution in [-0.2, 0) is 6.42 Å². The summed E-state index contributed by atoms with van der Waals surface area (Å²) in [6.07, 6.45) is 1.52. The molecule has 1 unspecified atom stereocenters. The molecule has 0 spiro atoms. The molecule has 13 heavy (non-hydrogen) atoms. The number of hydrogen-bond donors (Lipinski definition) is 1. The summed E-state index contributed by atoms with van der Waals surface area (Å²) in [6, 6.07) is 2.35. The molecule has 1 aliphatic carbocycles. The van der Waals surface area contributed by atoms with Gasteiger partial charge in [-0.3, -0.25) is 0 Å². The van der Waals surface area contributed by atoms with Gasteiger partial charge in [-0.15, -0.1) is 0 Å². The fourth-order valence-electron chi connectivity index (χ4n) is 1.97. The lowest BCUT2D eigenvalue weighted by Crippen LogP contribution is -2.09. The van der Waals surface area contributed by atoms with Crippen LogP contribution in [0.1, 0.15) is 23.5 Å². The lowest BCUT2D eigenvalue weighted by atomic mass is 10.0. The molecule has 3 heteroatoms. The maximum Gasteiger partial charge on any atom is 0.129 e. The van der Waals surface area contributed by atoms with Gasteiger partial charge < -0.3 is 5.73 Å². The smallest absolute Gasteiger partial charge is 0.129 e. The van der Waals surface area contributed by atoms with Crippen molar-refractivity contribution in [2.75, 3.05) is 6.54 Å². The number of nitrogens with two attached hydrogens (primary N) is 1. The van der Waals surface area contributed by atoms with Crippen LogP contribution >= 0.6 is 0 Å². The van der Waals surface area contributed by atoms with Gasteiger partial charge in [0.25, 0.3) is 0 Å². The van der Waals surface area contributed by atoms with E-state index in [1.165, 1.54) is 6.07 Å². The number of rotatable bonds is 1. The topological polar surface area (TPSA) is 26.0 Å². The molecule has 2 N–H and O–H groups in total.